The maximum atomic E-state index is 11.7. The number of aromatic nitrogens is 4. The highest BCUT2D eigenvalue weighted by atomic mass is 32.2. The van der Waals surface area contributed by atoms with Crippen LogP contribution >= 0.6 is 0 Å². The summed E-state index contributed by atoms with van der Waals surface area (Å²) in [4.78, 5) is 8.02. The molecule has 1 aliphatic carbocycles. The van der Waals surface area contributed by atoms with Gasteiger partial charge in [0.05, 0.1) is 10.5 Å². The second-order valence-electron chi connectivity index (χ2n) is 8.05. The van der Waals surface area contributed by atoms with Gasteiger partial charge < -0.3 is 19.8 Å². The van der Waals surface area contributed by atoms with Crippen molar-refractivity contribution >= 4 is 15.7 Å². The lowest BCUT2D eigenvalue weighted by atomic mass is 9.96. The van der Waals surface area contributed by atoms with Crippen molar-refractivity contribution in [2.45, 2.75) is 23.8 Å². The Bertz CT molecular complexity index is 1450. The molecule has 3 heterocycles. The standard InChI is InChI=1S/C25H23N5O4S/c1-35(31,32)19-11-9-18(10-12-19)23-28-25(30-29-23)20-8-5-13-26-24(20)27-22(17-6-3-2-4-7-17)21-16-33-14-15-34-21/h2-3,5-6,8-16,22H,4,7H2,1H3,(H,26,27)(H,28,29,30). The predicted octanol–water partition coefficient (Wildman–Crippen LogP) is 4.35. The van der Waals surface area contributed by atoms with Crippen LogP contribution in [0.5, 0.6) is 0 Å². The first kappa shape index (κ1) is 22.6. The van der Waals surface area contributed by atoms with Gasteiger partial charge in [0.15, 0.2) is 27.2 Å². The molecule has 1 aliphatic heterocycles. The van der Waals surface area contributed by atoms with Gasteiger partial charge in [-0.3, -0.25) is 0 Å². The fourth-order valence-electron chi connectivity index (χ4n) is 3.84. The van der Waals surface area contributed by atoms with Gasteiger partial charge in [0.1, 0.15) is 30.6 Å². The maximum absolute atomic E-state index is 11.7. The van der Waals surface area contributed by atoms with Crippen molar-refractivity contribution < 1.29 is 17.9 Å². The second kappa shape index (κ2) is 9.59. The summed E-state index contributed by atoms with van der Waals surface area (Å²) in [5, 5.41) is 12.1. The number of anilines is 1. The topological polar surface area (TPSA) is 119 Å². The summed E-state index contributed by atoms with van der Waals surface area (Å²) >= 11 is 0. The van der Waals surface area contributed by atoms with Gasteiger partial charge in [0.2, 0.25) is 0 Å². The molecule has 1 aromatic carbocycles. The number of pyridine rings is 1. The summed E-state index contributed by atoms with van der Waals surface area (Å²) in [5.74, 6) is 2.26. The highest BCUT2D eigenvalue weighted by Gasteiger charge is 2.25. The Labute approximate surface area is 202 Å². The fourth-order valence-corrected chi connectivity index (χ4v) is 4.47. The normalized spacial score (nSPS) is 16.0. The third kappa shape index (κ3) is 5.02. The van der Waals surface area contributed by atoms with Crippen LogP contribution in [0.4, 0.5) is 5.82 Å². The number of rotatable bonds is 7. The SMILES string of the molecule is CS(=O)(=O)c1ccc(-c2nnc(-c3cccnc3NC(C3=CC=CCC3)C3=COC=CO3)[nH]2)cc1. The van der Waals surface area contributed by atoms with Crippen LogP contribution in [0.25, 0.3) is 22.8 Å². The number of ether oxygens (including phenoxy) is 2. The average molecular weight is 490 g/mol. The molecular weight excluding hydrogens is 466 g/mol. The molecule has 1 unspecified atom stereocenters. The van der Waals surface area contributed by atoms with E-state index in [4.69, 9.17) is 9.47 Å². The van der Waals surface area contributed by atoms with E-state index in [-0.39, 0.29) is 10.9 Å². The van der Waals surface area contributed by atoms with Crippen molar-refractivity contribution in [3.63, 3.8) is 0 Å². The van der Waals surface area contributed by atoms with Gasteiger partial charge >= 0.3 is 0 Å². The Morgan fingerprint density at radius 2 is 1.91 bits per heavy atom. The van der Waals surface area contributed by atoms with Gasteiger partial charge in [-0.2, -0.15) is 0 Å². The molecule has 5 rings (SSSR count). The van der Waals surface area contributed by atoms with E-state index in [0.29, 0.717) is 23.2 Å². The number of nitrogens with zero attached hydrogens (tertiary/aromatic N) is 3. The van der Waals surface area contributed by atoms with Crippen molar-refractivity contribution in [3.05, 3.63) is 90.9 Å². The molecule has 3 aromatic rings. The van der Waals surface area contributed by atoms with E-state index < -0.39 is 9.84 Å². The van der Waals surface area contributed by atoms with Gasteiger partial charge in [-0.15, -0.1) is 10.2 Å². The number of nitrogens with one attached hydrogen (secondary N) is 2. The lowest BCUT2D eigenvalue weighted by Gasteiger charge is -2.26. The summed E-state index contributed by atoms with van der Waals surface area (Å²) < 4.78 is 34.6. The van der Waals surface area contributed by atoms with Gasteiger partial charge in [0.25, 0.3) is 0 Å². The molecular formula is C25H23N5O4S. The molecule has 2 aromatic heterocycles. The molecule has 1 atom stereocenters. The van der Waals surface area contributed by atoms with E-state index in [9.17, 15) is 8.42 Å². The largest absolute Gasteiger partial charge is 0.466 e. The van der Waals surface area contributed by atoms with Crippen molar-refractivity contribution in [1.82, 2.24) is 20.2 Å². The minimum absolute atomic E-state index is 0.246. The van der Waals surface area contributed by atoms with Crippen molar-refractivity contribution in [3.8, 4) is 22.8 Å². The van der Waals surface area contributed by atoms with Crippen molar-refractivity contribution in [2.75, 3.05) is 11.6 Å². The van der Waals surface area contributed by atoms with Crippen molar-refractivity contribution in [1.29, 1.82) is 0 Å². The molecule has 0 bridgehead atoms. The number of aromatic amines is 1. The van der Waals surface area contributed by atoms with E-state index in [0.717, 1.165) is 29.5 Å². The Hall–Kier alpha value is -4.18. The zero-order chi connectivity index (χ0) is 24.3. The average Bonchev–Trinajstić information content (AvgIpc) is 3.38. The van der Waals surface area contributed by atoms with E-state index in [1.165, 1.54) is 18.8 Å². The molecule has 0 radical (unpaired) electrons. The molecule has 0 saturated carbocycles. The molecule has 2 aliphatic rings. The summed E-state index contributed by atoms with van der Waals surface area (Å²) in [5.41, 5.74) is 2.58. The van der Waals surface area contributed by atoms with E-state index >= 15 is 0 Å². The maximum Gasteiger partial charge on any atom is 0.175 e. The highest BCUT2D eigenvalue weighted by Crippen LogP contribution is 2.30. The van der Waals surface area contributed by atoms with E-state index in [1.807, 2.05) is 18.2 Å². The van der Waals surface area contributed by atoms with Crippen LogP contribution in [0, 0.1) is 0 Å². The van der Waals surface area contributed by atoms with Crippen LogP contribution in [-0.2, 0) is 19.3 Å². The lowest BCUT2D eigenvalue weighted by molar-refractivity contribution is 0.245. The number of hydrogen-bond acceptors (Lipinski definition) is 8. The Morgan fingerprint density at radius 1 is 1.09 bits per heavy atom. The third-order valence-corrected chi connectivity index (χ3v) is 6.74. The summed E-state index contributed by atoms with van der Waals surface area (Å²) in [6, 6.07) is 9.93. The van der Waals surface area contributed by atoms with Crippen LogP contribution in [-0.4, -0.2) is 40.9 Å². The highest BCUT2D eigenvalue weighted by molar-refractivity contribution is 7.90. The molecule has 0 saturated heterocycles. The van der Waals surface area contributed by atoms with Crippen LogP contribution in [0.2, 0.25) is 0 Å². The molecule has 0 fully saturated rings. The fraction of sp³-hybridized carbons (Fsp3) is 0.160. The van der Waals surface area contributed by atoms with Crippen LogP contribution in [0.1, 0.15) is 12.8 Å². The predicted molar refractivity (Wildman–Crippen MR) is 131 cm³/mol. The number of allylic oxidation sites excluding steroid dienone is 3. The second-order valence-corrected chi connectivity index (χ2v) is 10.1. The molecule has 0 spiro atoms. The summed E-state index contributed by atoms with van der Waals surface area (Å²) in [7, 11) is -3.27. The molecule has 35 heavy (non-hydrogen) atoms. The van der Waals surface area contributed by atoms with Gasteiger partial charge in [0, 0.05) is 18.0 Å². The van der Waals surface area contributed by atoms with E-state index in [1.54, 1.807) is 36.7 Å². The zero-order valence-electron chi connectivity index (χ0n) is 18.9. The number of benzene rings is 1. The quantitative estimate of drug-likeness (QED) is 0.503. The Kier molecular flexibility index (Phi) is 6.19. The molecule has 9 nitrogen and oxygen atoms in total. The van der Waals surface area contributed by atoms with Crippen LogP contribution in [0.3, 0.4) is 0 Å². The first-order chi connectivity index (χ1) is 17.0. The molecule has 2 N–H and O–H groups in total. The minimum Gasteiger partial charge on any atom is -0.466 e. The molecule has 10 heteroatoms. The summed E-state index contributed by atoms with van der Waals surface area (Å²) in [6.07, 6.45) is 15.5. The smallest absolute Gasteiger partial charge is 0.175 e. The van der Waals surface area contributed by atoms with Crippen LogP contribution in [0.15, 0.2) is 95.8 Å². The first-order valence-electron chi connectivity index (χ1n) is 11.0. The Morgan fingerprint density at radius 3 is 2.63 bits per heavy atom. The van der Waals surface area contributed by atoms with Crippen molar-refractivity contribution in [2.24, 2.45) is 0 Å². The zero-order valence-corrected chi connectivity index (χ0v) is 19.7. The minimum atomic E-state index is -3.27. The Balaban J connectivity index is 1.45. The number of H-pyrrole nitrogens is 1. The first-order valence-corrected chi connectivity index (χ1v) is 12.9. The van der Waals surface area contributed by atoms with Gasteiger partial charge in [-0.1, -0.05) is 18.2 Å². The summed E-state index contributed by atoms with van der Waals surface area (Å²) in [6.45, 7) is 0. The monoisotopic (exact) mass is 489 g/mol. The number of sulfone groups is 1. The van der Waals surface area contributed by atoms with Gasteiger partial charge in [-0.25, -0.2) is 13.4 Å². The number of hydrogen-bond donors (Lipinski definition) is 2. The molecule has 178 valence electrons. The van der Waals surface area contributed by atoms with Gasteiger partial charge in [-0.05, 0) is 54.8 Å². The lowest BCUT2D eigenvalue weighted by Crippen LogP contribution is -2.27. The molecule has 0 amide bonds. The van der Waals surface area contributed by atoms with Crippen LogP contribution < -0.4 is 5.32 Å². The van der Waals surface area contributed by atoms with E-state index in [2.05, 4.69) is 37.6 Å². The third-order valence-electron chi connectivity index (χ3n) is 5.61.